The lowest BCUT2D eigenvalue weighted by Gasteiger charge is -2.00. The maximum atomic E-state index is 2.26. The summed E-state index contributed by atoms with van der Waals surface area (Å²) in [6.45, 7) is 2.03. The summed E-state index contributed by atoms with van der Waals surface area (Å²) in [4.78, 5) is 0. The molecule has 2 aromatic carbocycles. The number of hydrogen-bond acceptors (Lipinski definition) is 0. The van der Waals surface area contributed by atoms with Gasteiger partial charge >= 0.3 is 0 Å². The van der Waals surface area contributed by atoms with Crippen molar-refractivity contribution < 1.29 is 0 Å². The quantitative estimate of drug-likeness (QED) is 0.651. The molecule has 0 aliphatic carbocycles. The van der Waals surface area contributed by atoms with E-state index in [1.54, 1.807) is 0 Å². The lowest BCUT2D eigenvalue weighted by molar-refractivity contribution is 1.28. The minimum absolute atomic E-state index is 0.995. The molecule has 0 spiro atoms. The van der Waals surface area contributed by atoms with Crippen molar-refractivity contribution in [3.8, 4) is 0 Å². The van der Waals surface area contributed by atoms with Crippen LogP contribution in [0.15, 0.2) is 66.8 Å². The van der Waals surface area contributed by atoms with Crippen LogP contribution in [0.1, 0.15) is 12.5 Å². The smallest absolute Gasteiger partial charge is 0.00941 e. The fourth-order valence-corrected chi connectivity index (χ4v) is 1.76. The highest BCUT2D eigenvalue weighted by Gasteiger charge is 1.93. The van der Waals surface area contributed by atoms with E-state index in [0.29, 0.717) is 0 Å². The summed E-state index contributed by atoms with van der Waals surface area (Å²) < 4.78 is 0. The molecule has 0 atom stereocenters. The molecule has 0 aliphatic heterocycles. The molecule has 0 saturated carbocycles. The highest BCUT2D eigenvalue weighted by atomic mass is 14.0. The van der Waals surface area contributed by atoms with E-state index in [4.69, 9.17) is 0 Å². The molecule has 0 saturated heterocycles. The van der Waals surface area contributed by atoms with Gasteiger partial charge < -0.3 is 0 Å². The Bertz CT molecular complexity index is 518. The predicted octanol–water partition coefficient (Wildman–Crippen LogP) is 4.51. The molecule has 0 fully saturated rings. The summed E-state index contributed by atoms with van der Waals surface area (Å²) in [5.41, 5.74) is 1.36. The van der Waals surface area contributed by atoms with Crippen LogP contribution in [0.2, 0.25) is 0 Å². The zero-order valence-corrected chi connectivity index (χ0v) is 9.56. The second-order valence-electron chi connectivity index (χ2n) is 3.84. The van der Waals surface area contributed by atoms with E-state index in [2.05, 4.69) is 60.7 Å². The molecule has 2 rings (SSSR count). The van der Waals surface area contributed by atoms with Crippen molar-refractivity contribution in [1.29, 1.82) is 0 Å². The Morgan fingerprint density at radius 3 is 2.56 bits per heavy atom. The van der Waals surface area contributed by atoms with Gasteiger partial charge in [-0.2, -0.15) is 0 Å². The van der Waals surface area contributed by atoms with Crippen LogP contribution < -0.4 is 0 Å². The van der Waals surface area contributed by atoms with Crippen molar-refractivity contribution in [2.75, 3.05) is 0 Å². The topological polar surface area (TPSA) is 0 Å². The predicted molar refractivity (Wildman–Crippen MR) is 71.6 cm³/mol. The minimum atomic E-state index is 0.995. The van der Waals surface area contributed by atoms with Crippen molar-refractivity contribution in [3.05, 3.63) is 72.3 Å². The van der Waals surface area contributed by atoms with E-state index in [1.807, 2.05) is 13.0 Å². The summed E-state index contributed by atoms with van der Waals surface area (Å²) in [7, 11) is 0. The van der Waals surface area contributed by atoms with Crippen LogP contribution in [-0.4, -0.2) is 0 Å². The Kier molecular flexibility index (Phi) is 3.55. The van der Waals surface area contributed by atoms with Gasteiger partial charge in [0.2, 0.25) is 0 Å². The van der Waals surface area contributed by atoms with Gasteiger partial charge in [0.25, 0.3) is 0 Å². The second kappa shape index (κ2) is 5.32. The summed E-state index contributed by atoms with van der Waals surface area (Å²) in [5.74, 6) is 0. The molecular formula is C16H16. The molecule has 16 heavy (non-hydrogen) atoms. The fourth-order valence-electron chi connectivity index (χ4n) is 1.76. The third-order valence-corrected chi connectivity index (χ3v) is 2.61. The molecule has 0 unspecified atom stereocenters. The van der Waals surface area contributed by atoms with Crippen LogP contribution >= 0.6 is 0 Å². The van der Waals surface area contributed by atoms with Gasteiger partial charge in [-0.15, -0.1) is 0 Å². The third kappa shape index (κ3) is 2.60. The normalized spacial score (nSPS) is 11.8. The van der Waals surface area contributed by atoms with E-state index in [1.165, 1.54) is 16.3 Å². The average Bonchev–Trinajstić information content (AvgIpc) is 2.34. The van der Waals surface area contributed by atoms with E-state index in [0.717, 1.165) is 6.42 Å². The van der Waals surface area contributed by atoms with Crippen LogP contribution in [0.25, 0.3) is 10.8 Å². The van der Waals surface area contributed by atoms with Crippen molar-refractivity contribution >= 4 is 10.8 Å². The molecular weight excluding hydrogens is 192 g/mol. The Balaban J connectivity index is 2.19. The average molecular weight is 208 g/mol. The zero-order valence-electron chi connectivity index (χ0n) is 9.56. The van der Waals surface area contributed by atoms with Crippen LogP contribution in [0, 0.1) is 0 Å². The number of fused-ring (bicyclic) bond motifs is 1. The zero-order chi connectivity index (χ0) is 11.2. The van der Waals surface area contributed by atoms with Crippen molar-refractivity contribution in [1.82, 2.24) is 0 Å². The first-order chi connectivity index (χ1) is 7.90. The van der Waals surface area contributed by atoms with E-state index in [-0.39, 0.29) is 0 Å². The molecule has 0 radical (unpaired) electrons. The molecule has 0 aromatic heterocycles. The SMILES string of the molecule is C/C=C/C=C/Cc1ccc2ccccc2c1. The largest absolute Gasteiger partial charge is 0.0877 e. The lowest BCUT2D eigenvalue weighted by Crippen LogP contribution is -1.81. The lowest BCUT2D eigenvalue weighted by atomic mass is 10.1. The van der Waals surface area contributed by atoms with Gasteiger partial charge in [0, 0.05) is 0 Å². The van der Waals surface area contributed by atoms with Crippen molar-refractivity contribution in [3.63, 3.8) is 0 Å². The third-order valence-electron chi connectivity index (χ3n) is 2.61. The van der Waals surface area contributed by atoms with Crippen LogP contribution in [0.4, 0.5) is 0 Å². The number of allylic oxidation sites excluding steroid dienone is 4. The van der Waals surface area contributed by atoms with Crippen molar-refractivity contribution in [2.45, 2.75) is 13.3 Å². The minimum Gasteiger partial charge on any atom is -0.0877 e. The summed E-state index contributed by atoms with van der Waals surface area (Å²) in [5, 5.41) is 2.63. The number of benzene rings is 2. The van der Waals surface area contributed by atoms with Crippen LogP contribution in [0.5, 0.6) is 0 Å². The monoisotopic (exact) mass is 208 g/mol. The number of hydrogen-bond donors (Lipinski definition) is 0. The van der Waals surface area contributed by atoms with Crippen LogP contribution in [0.3, 0.4) is 0 Å². The van der Waals surface area contributed by atoms with Gasteiger partial charge in [0.05, 0.1) is 0 Å². The first-order valence-corrected chi connectivity index (χ1v) is 5.65. The van der Waals surface area contributed by atoms with Crippen LogP contribution in [-0.2, 0) is 6.42 Å². The Morgan fingerprint density at radius 2 is 1.75 bits per heavy atom. The van der Waals surface area contributed by atoms with Gasteiger partial charge in [0.1, 0.15) is 0 Å². The molecule has 0 N–H and O–H groups in total. The standard InChI is InChI=1S/C16H16/c1-2-3-4-5-8-14-11-12-15-9-6-7-10-16(15)13-14/h2-7,9-13H,8H2,1H3/b3-2+,5-4+. The second-order valence-corrected chi connectivity index (χ2v) is 3.84. The van der Waals surface area contributed by atoms with Crippen molar-refractivity contribution in [2.24, 2.45) is 0 Å². The number of rotatable bonds is 3. The van der Waals surface area contributed by atoms with Gasteiger partial charge in [0.15, 0.2) is 0 Å². The Hall–Kier alpha value is -1.82. The highest BCUT2D eigenvalue weighted by Crippen LogP contribution is 2.16. The summed E-state index contributed by atoms with van der Waals surface area (Å²) in [6.07, 6.45) is 9.37. The summed E-state index contributed by atoms with van der Waals surface area (Å²) in [6, 6.07) is 15.1. The Morgan fingerprint density at radius 1 is 0.938 bits per heavy atom. The Labute approximate surface area is 96.9 Å². The maximum Gasteiger partial charge on any atom is -0.00941 e. The van der Waals surface area contributed by atoms with E-state index >= 15 is 0 Å². The molecule has 0 aliphatic rings. The van der Waals surface area contributed by atoms with Gasteiger partial charge in [-0.25, -0.2) is 0 Å². The van der Waals surface area contributed by atoms with E-state index < -0.39 is 0 Å². The van der Waals surface area contributed by atoms with Gasteiger partial charge in [-0.3, -0.25) is 0 Å². The first kappa shape index (κ1) is 10.7. The fraction of sp³-hybridized carbons (Fsp3) is 0.125. The molecule has 80 valence electrons. The maximum absolute atomic E-state index is 2.26. The van der Waals surface area contributed by atoms with Gasteiger partial charge in [-0.05, 0) is 29.7 Å². The van der Waals surface area contributed by atoms with E-state index in [9.17, 15) is 0 Å². The molecule has 0 nitrogen and oxygen atoms in total. The molecule has 0 bridgehead atoms. The summed E-state index contributed by atoms with van der Waals surface area (Å²) >= 11 is 0. The first-order valence-electron chi connectivity index (χ1n) is 5.65. The molecule has 0 heteroatoms. The highest BCUT2D eigenvalue weighted by molar-refractivity contribution is 5.83. The molecule has 0 amide bonds. The molecule has 2 aromatic rings. The van der Waals surface area contributed by atoms with Gasteiger partial charge in [-0.1, -0.05) is 66.8 Å². The molecule has 0 heterocycles.